The van der Waals surface area contributed by atoms with Crippen LogP contribution < -0.4 is 10.0 Å². The molecule has 0 fully saturated rings. The number of hydrogen-bond donors (Lipinski definition) is 2. The summed E-state index contributed by atoms with van der Waals surface area (Å²) in [6.45, 7) is 0. The third-order valence-electron chi connectivity index (χ3n) is 3.85. The van der Waals surface area contributed by atoms with Crippen LogP contribution in [0.25, 0.3) is 0 Å². The Balaban J connectivity index is 2.14. The zero-order valence-corrected chi connectivity index (χ0v) is 17.6. The number of nitrogens with zero attached hydrogens (tertiary/aromatic N) is 1. The standard InChI is InChI=1S/C19H20ClN3O3S2/c1-27-13-11-18(23-28(25,26)17-8-4-15(20)5-9-17)19(24)22-16-6-2-14(3-7-16)10-12-21/h2-9,18,23H,10-11,13H2,1H3,(H,22,24)/t18-/m1/s1. The van der Waals surface area contributed by atoms with Crippen molar-refractivity contribution in [3.63, 3.8) is 0 Å². The number of amides is 1. The molecule has 0 spiro atoms. The second kappa shape index (κ2) is 10.5. The zero-order chi connectivity index (χ0) is 20.6. The van der Waals surface area contributed by atoms with E-state index >= 15 is 0 Å². The van der Waals surface area contributed by atoms with Crippen LogP contribution in [0.3, 0.4) is 0 Å². The van der Waals surface area contributed by atoms with E-state index in [0.29, 0.717) is 22.9 Å². The number of nitrogens with one attached hydrogen (secondary N) is 2. The monoisotopic (exact) mass is 437 g/mol. The number of nitriles is 1. The van der Waals surface area contributed by atoms with Gasteiger partial charge >= 0.3 is 0 Å². The van der Waals surface area contributed by atoms with Gasteiger partial charge in [-0.15, -0.1) is 0 Å². The summed E-state index contributed by atoms with van der Waals surface area (Å²) in [4.78, 5) is 12.7. The molecule has 0 saturated heterocycles. The molecule has 2 rings (SSSR count). The summed E-state index contributed by atoms with van der Waals surface area (Å²) in [6, 6.07) is 13.7. The molecule has 1 atom stereocenters. The minimum Gasteiger partial charge on any atom is -0.325 e. The van der Waals surface area contributed by atoms with E-state index in [1.54, 1.807) is 24.3 Å². The molecular weight excluding hydrogens is 418 g/mol. The van der Waals surface area contributed by atoms with Gasteiger partial charge in [-0.2, -0.15) is 21.7 Å². The maximum Gasteiger partial charge on any atom is 0.242 e. The average Bonchev–Trinajstić information content (AvgIpc) is 2.67. The molecule has 2 aromatic carbocycles. The van der Waals surface area contributed by atoms with Gasteiger partial charge in [0.05, 0.1) is 17.4 Å². The molecule has 1 amide bonds. The quantitative estimate of drug-likeness (QED) is 0.626. The van der Waals surface area contributed by atoms with Crippen molar-refractivity contribution in [3.8, 4) is 6.07 Å². The van der Waals surface area contributed by atoms with Crippen molar-refractivity contribution in [2.75, 3.05) is 17.3 Å². The van der Waals surface area contributed by atoms with E-state index in [2.05, 4.69) is 16.1 Å². The Hall–Kier alpha value is -2.05. The molecule has 0 saturated carbocycles. The molecule has 0 bridgehead atoms. The highest BCUT2D eigenvalue weighted by molar-refractivity contribution is 7.98. The van der Waals surface area contributed by atoms with Crippen LogP contribution in [0.15, 0.2) is 53.4 Å². The van der Waals surface area contributed by atoms with Crippen LogP contribution in [-0.2, 0) is 21.2 Å². The van der Waals surface area contributed by atoms with Gasteiger partial charge in [-0.1, -0.05) is 23.7 Å². The maximum atomic E-state index is 12.7. The fraction of sp³-hybridized carbons (Fsp3) is 0.263. The first-order valence-corrected chi connectivity index (χ1v) is 11.6. The molecule has 2 N–H and O–H groups in total. The largest absolute Gasteiger partial charge is 0.325 e. The van der Waals surface area contributed by atoms with Crippen molar-refractivity contribution in [2.45, 2.75) is 23.8 Å². The molecule has 28 heavy (non-hydrogen) atoms. The van der Waals surface area contributed by atoms with Crippen molar-refractivity contribution < 1.29 is 13.2 Å². The topological polar surface area (TPSA) is 99.1 Å². The first-order valence-electron chi connectivity index (χ1n) is 8.39. The van der Waals surface area contributed by atoms with Crippen molar-refractivity contribution in [2.24, 2.45) is 0 Å². The summed E-state index contributed by atoms with van der Waals surface area (Å²) in [5, 5.41) is 11.9. The second-order valence-corrected chi connectivity index (χ2v) is 9.07. The lowest BCUT2D eigenvalue weighted by atomic mass is 10.1. The Morgan fingerprint density at radius 3 is 2.39 bits per heavy atom. The fourth-order valence-electron chi connectivity index (χ4n) is 2.37. The highest BCUT2D eigenvalue weighted by atomic mass is 35.5. The van der Waals surface area contributed by atoms with Gasteiger partial charge in [0.1, 0.15) is 6.04 Å². The zero-order valence-electron chi connectivity index (χ0n) is 15.2. The average molecular weight is 438 g/mol. The predicted octanol–water partition coefficient (Wildman–Crippen LogP) is 3.44. The summed E-state index contributed by atoms with van der Waals surface area (Å²) < 4.78 is 27.7. The van der Waals surface area contributed by atoms with Crippen LogP contribution in [0.1, 0.15) is 12.0 Å². The number of rotatable bonds is 9. The van der Waals surface area contributed by atoms with Gasteiger partial charge in [-0.25, -0.2) is 8.42 Å². The third kappa shape index (κ3) is 6.53. The molecule has 148 valence electrons. The molecule has 6 nitrogen and oxygen atoms in total. The van der Waals surface area contributed by atoms with Gasteiger partial charge < -0.3 is 5.32 Å². The van der Waals surface area contributed by atoms with Crippen LogP contribution in [0, 0.1) is 11.3 Å². The van der Waals surface area contributed by atoms with Crippen LogP contribution in [0.5, 0.6) is 0 Å². The van der Waals surface area contributed by atoms with E-state index in [9.17, 15) is 13.2 Å². The number of sulfonamides is 1. The summed E-state index contributed by atoms with van der Waals surface area (Å²) in [5.74, 6) is 0.169. The molecule has 9 heteroatoms. The molecule has 0 heterocycles. The first-order chi connectivity index (χ1) is 13.4. The maximum absolute atomic E-state index is 12.7. The van der Waals surface area contributed by atoms with E-state index in [0.717, 1.165) is 5.56 Å². The molecule has 2 aromatic rings. The minimum absolute atomic E-state index is 0.0414. The molecular formula is C19H20ClN3O3S2. The number of hydrogen-bond acceptors (Lipinski definition) is 5. The van der Waals surface area contributed by atoms with E-state index in [1.165, 1.54) is 36.0 Å². The lowest BCUT2D eigenvalue weighted by Crippen LogP contribution is -2.44. The van der Waals surface area contributed by atoms with Crippen molar-refractivity contribution in [1.29, 1.82) is 5.26 Å². The van der Waals surface area contributed by atoms with E-state index in [-0.39, 0.29) is 11.3 Å². The van der Waals surface area contributed by atoms with E-state index in [1.807, 2.05) is 6.26 Å². The lowest BCUT2D eigenvalue weighted by molar-refractivity contribution is -0.117. The highest BCUT2D eigenvalue weighted by Crippen LogP contribution is 2.16. The molecule has 0 aromatic heterocycles. The van der Waals surface area contributed by atoms with Gasteiger partial charge in [-0.05, 0) is 60.4 Å². The molecule has 0 radical (unpaired) electrons. The predicted molar refractivity (Wildman–Crippen MR) is 113 cm³/mol. The van der Waals surface area contributed by atoms with Crippen LogP contribution in [0.4, 0.5) is 5.69 Å². The summed E-state index contributed by atoms with van der Waals surface area (Å²) >= 11 is 7.33. The number of thioether (sulfide) groups is 1. The van der Waals surface area contributed by atoms with Crippen LogP contribution in [0.2, 0.25) is 5.02 Å². The van der Waals surface area contributed by atoms with Crippen molar-refractivity contribution in [1.82, 2.24) is 4.72 Å². The number of carbonyl (C=O) groups is 1. The Bertz CT molecular complexity index is 940. The van der Waals surface area contributed by atoms with Gasteiger partial charge in [0.2, 0.25) is 15.9 Å². The Morgan fingerprint density at radius 2 is 1.82 bits per heavy atom. The smallest absolute Gasteiger partial charge is 0.242 e. The van der Waals surface area contributed by atoms with Gasteiger partial charge in [-0.3, -0.25) is 4.79 Å². The first kappa shape index (κ1) is 22.2. The van der Waals surface area contributed by atoms with Gasteiger partial charge in [0.15, 0.2) is 0 Å². The minimum atomic E-state index is -3.87. The van der Waals surface area contributed by atoms with Crippen molar-refractivity contribution >= 4 is 45.0 Å². The third-order valence-corrected chi connectivity index (χ3v) is 6.24. The number of anilines is 1. The van der Waals surface area contributed by atoms with Crippen LogP contribution >= 0.6 is 23.4 Å². The summed E-state index contributed by atoms with van der Waals surface area (Å²) in [5.41, 5.74) is 1.37. The number of halogens is 1. The van der Waals surface area contributed by atoms with Crippen LogP contribution in [-0.4, -0.2) is 32.4 Å². The Labute approximate surface area is 174 Å². The summed E-state index contributed by atoms with van der Waals surface area (Å²) in [7, 11) is -3.87. The second-order valence-electron chi connectivity index (χ2n) is 5.93. The molecule has 0 unspecified atom stereocenters. The van der Waals surface area contributed by atoms with Gasteiger partial charge in [0, 0.05) is 10.7 Å². The SMILES string of the molecule is CSCC[C@@H](NS(=O)(=O)c1ccc(Cl)cc1)C(=O)Nc1ccc(CC#N)cc1. The van der Waals surface area contributed by atoms with E-state index < -0.39 is 22.0 Å². The number of benzene rings is 2. The lowest BCUT2D eigenvalue weighted by Gasteiger charge is -2.18. The molecule has 0 aliphatic carbocycles. The van der Waals surface area contributed by atoms with Gasteiger partial charge in [0.25, 0.3) is 0 Å². The highest BCUT2D eigenvalue weighted by Gasteiger charge is 2.25. The Kier molecular flexibility index (Phi) is 8.33. The van der Waals surface area contributed by atoms with E-state index in [4.69, 9.17) is 16.9 Å². The summed E-state index contributed by atoms with van der Waals surface area (Å²) in [6.07, 6.45) is 2.51. The number of carbonyl (C=O) groups excluding carboxylic acids is 1. The Morgan fingerprint density at radius 1 is 1.18 bits per heavy atom. The normalized spacial score (nSPS) is 12.2. The van der Waals surface area contributed by atoms with Crippen molar-refractivity contribution in [3.05, 3.63) is 59.1 Å². The fourth-order valence-corrected chi connectivity index (χ4v) is 4.20. The molecule has 0 aliphatic rings. The molecule has 0 aliphatic heterocycles.